The molecule has 0 aliphatic carbocycles. The van der Waals surface area contributed by atoms with Gasteiger partial charge >= 0.3 is 6.09 Å². The molecule has 0 radical (unpaired) electrons. The fourth-order valence-corrected chi connectivity index (χ4v) is 7.67. The van der Waals surface area contributed by atoms with Crippen LogP contribution in [-0.4, -0.2) is 137 Å². The Balaban J connectivity index is 0.919. The van der Waals surface area contributed by atoms with E-state index in [-0.39, 0.29) is 30.4 Å². The number of piperidine rings is 2. The number of likely N-dealkylation sites (tertiary alicyclic amines) is 1. The van der Waals surface area contributed by atoms with Crippen LogP contribution in [-0.2, 0) is 19.1 Å². The number of ether oxygens (including phenoxy) is 2. The Hall–Kier alpha value is -4.94. The molecule has 2 fully saturated rings. The van der Waals surface area contributed by atoms with Crippen molar-refractivity contribution in [3.63, 3.8) is 0 Å². The molecule has 0 aromatic heterocycles. The van der Waals surface area contributed by atoms with Gasteiger partial charge in [-0.25, -0.2) is 4.79 Å². The Morgan fingerprint density at radius 3 is 2.07 bits per heavy atom. The lowest BCUT2D eigenvalue weighted by Gasteiger charge is -2.34. The maximum absolute atomic E-state index is 13.0. The van der Waals surface area contributed by atoms with Gasteiger partial charge in [0, 0.05) is 104 Å². The highest BCUT2D eigenvalue weighted by atomic mass is 16.6. The molecule has 3 aromatic rings. The number of anilines is 2. The molecule has 12 heteroatoms. The first kappa shape index (κ1) is 43.2. The molecule has 0 atom stereocenters. The quantitative estimate of drug-likeness (QED) is 0.156. The summed E-state index contributed by atoms with van der Waals surface area (Å²) in [6.07, 6.45) is 6.40. The fraction of sp³-hybridized carbons (Fsp3) is 0.511. The number of carbonyl (C=O) groups excluding carboxylic acids is 4. The van der Waals surface area contributed by atoms with Gasteiger partial charge in [0.05, 0.1) is 5.69 Å². The number of para-hydroxylation sites is 1. The molecular weight excluding hydrogens is 721 g/mol. The number of likely N-dealkylation sites (N-methyl/N-ethyl adjacent to an activating group) is 2. The zero-order chi connectivity index (χ0) is 40.6. The van der Waals surface area contributed by atoms with Crippen molar-refractivity contribution in [3.05, 3.63) is 84.4 Å². The first-order chi connectivity index (χ1) is 27.6. The minimum atomic E-state index is -0.428. The van der Waals surface area contributed by atoms with E-state index in [4.69, 9.17) is 9.47 Å². The number of nitrogens with one attached hydrogen (secondary N) is 1. The Morgan fingerprint density at radius 1 is 0.719 bits per heavy atom. The number of rotatable bonds is 18. The van der Waals surface area contributed by atoms with Gasteiger partial charge in [-0.2, -0.15) is 0 Å². The van der Waals surface area contributed by atoms with Crippen molar-refractivity contribution in [2.45, 2.75) is 57.5 Å². The normalized spacial score (nSPS) is 15.2. The van der Waals surface area contributed by atoms with Crippen LogP contribution in [0.3, 0.4) is 0 Å². The van der Waals surface area contributed by atoms with E-state index >= 15 is 0 Å². The van der Waals surface area contributed by atoms with Crippen molar-refractivity contribution in [3.8, 4) is 11.1 Å². The van der Waals surface area contributed by atoms with Crippen LogP contribution in [0.2, 0.25) is 0 Å². The summed E-state index contributed by atoms with van der Waals surface area (Å²) in [6, 6.07) is 25.6. The minimum absolute atomic E-state index is 0.0262. The number of nitrogens with zero attached hydrogens (tertiary/aromatic N) is 5. The second-order valence-electron chi connectivity index (χ2n) is 15.5. The number of methoxy groups -OCH3 is 1. The summed E-state index contributed by atoms with van der Waals surface area (Å²) >= 11 is 0. The summed E-state index contributed by atoms with van der Waals surface area (Å²) in [5.74, 6) is 0.714. The van der Waals surface area contributed by atoms with E-state index in [1.165, 1.54) is 7.11 Å². The Labute approximate surface area is 339 Å². The van der Waals surface area contributed by atoms with Crippen LogP contribution in [0, 0.1) is 5.92 Å². The average molecular weight is 783 g/mol. The van der Waals surface area contributed by atoms with Gasteiger partial charge in [-0.3, -0.25) is 19.7 Å². The van der Waals surface area contributed by atoms with Crippen LogP contribution in [0.25, 0.3) is 11.1 Å². The summed E-state index contributed by atoms with van der Waals surface area (Å²) in [7, 11) is 6.95. The number of carbonyl (C=O) groups is 4. The van der Waals surface area contributed by atoms with Crippen molar-refractivity contribution < 1.29 is 28.7 Å². The molecule has 0 bridgehead atoms. The predicted molar refractivity (Wildman–Crippen MR) is 225 cm³/mol. The molecular formula is C45H62N6O6. The van der Waals surface area contributed by atoms with E-state index in [0.717, 1.165) is 93.8 Å². The maximum Gasteiger partial charge on any atom is 0.411 e. The molecule has 2 heterocycles. The Kier molecular flexibility index (Phi) is 16.8. The summed E-state index contributed by atoms with van der Waals surface area (Å²) < 4.78 is 10.7. The molecule has 0 unspecified atom stereocenters. The number of hydrogen-bond acceptors (Lipinski definition) is 8. The Morgan fingerprint density at radius 2 is 1.37 bits per heavy atom. The van der Waals surface area contributed by atoms with Crippen LogP contribution in [0.15, 0.2) is 78.9 Å². The Bertz CT molecular complexity index is 1720. The SMILES string of the molecule is COCC(=O)N(C)CCCN(C)C(=O)c1ccc(N2CCC(CCCC(=O)N(C)CCN3CCC(OC(=O)Nc4ccccc4-c4ccccc4)CC3)CC2)cc1. The topological polar surface area (TPSA) is 115 Å². The van der Waals surface area contributed by atoms with Gasteiger partial charge in [-0.05, 0) is 86.8 Å². The molecule has 1 N–H and O–H groups in total. The van der Waals surface area contributed by atoms with Crippen LogP contribution in [0.5, 0.6) is 0 Å². The maximum atomic E-state index is 13.0. The third-order valence-corrected chi connectivity index (χ3v) is 11.4. The molecule has 2 aliphatic heterocycles. The highest BCUT2D eigenvalue weighted by Gasteiger charge is 2.24. The van der Waals surface area contributed by atoms with E-state index in [1.54, 1.807) is 23.9 Å². The van der Waals surface area contributed by atoms with Crippen LogP contribution < -0.4 is 10.2 Å². The molecule has 0 spiro atoms. The molecule has 0 saturated carbocycles. The van der Waals surface area contributed by atoms with Crippen molar-refractivity contribution in [1.29, 1.82) is 0 Å². The lowest BCUT2D eigenvalue weighted by molar-refractivity contribution is -0.134. The lowest BCUT2D eigenvalue weighted by Crippen LogP contribution is -2.42. The van der Waals surface area contributed by atoms with E-state index in [9.17, 15) is 19.2 Å². The molecule has 308 valence electrons. The van der Waals surface area contributed by atoms with Crippen molar-refractivity contribution in [1.82, 2.24) is 19.6 Å². The lowest BCUT2D eigenvalue weighted by atomic mass is 9.91. The number of amides is 4. The minimum Gasteiger partial charge on any atom is -0.446 e. The predicted octanol–water partition coefficient (Wildman–Crippen LogP) is 6.48. The van der Waals surface area contributed by atoms with Crippen LogP contribution in [0.1, 0.15) is 61.7 Å². The number of benzene rings is 3. The first-order valence-electron chi connectivity index (χ1n) is 20.5. The van der Waals surface area contributed by atoms with Crippen molar-refractivity contribution >= 4 is 35.2 Å². The number of hydrogen-bond donors (Lipinski definition) is 1. The van der Waals surface area contributed by atoms with Gasteiger partial charge in [0.15, 0.2) is 0 Å². The summed E-state index contributed by atoms with van der Waals surface area (Å²) in [5, 5.41) is 2.94. The van der Waals surface area contributed by atoms with Crippen LogP contribution >= 0.6 is 0 Å². The summed E-state index contributed by atoms with van der Waals surface area (Å²) in [4.78, 5) is 60.5. The molecule has 5 rings (SSSR count). The molecule has 4 amide bonds. The van der Waals surface area contributed by atoms with E-state index in [2.05, 4.69) is 15.1 Å². The van der Waals surface area contributed by atoms with Gasteiger partial charge in [0.2, 0.25) is 11.8 Å². The molecule has 2 aliphatic rings. The van der Waals surface area contributed by atoms with Crippen molar-refractivity contribution in [2.75, 3.05) is 97.4 Å². The standard InChI is InChI=1S/C45H62N6O6/c1-47(43(53)34-56-4)26-11-27-49(3)44(54)37-18-20-38(21-19-37)51-30-22-35(23-31-51)12-10-17-42(52)48(2)32-33-50-28-24-39(25-29-50)57-45(55)46-41-16-9-8-15-40(41)36-13-6-5-7-14-36/h5-9,13-16,18-21,35,39H,10-12,17,22-34H2,1-4H3,(H,46,55). The van der Waals surface area contributed by atoms with Crippen LogP contribution in [0.4, 0.5) is 16.2 Å². The van der Waals surface area contributed by atoms with Crippen molar-refractivity contribution in [2.24, 2.45) is 5.92 Å². The highest BCUT2D eigenvalue weighted by Crippen LogP contribution is 2.29. The zero-order valence-electron chi connectivity index (χ0n) is 34.4. The largest absolute Gasteiger partial charge is 0.446 e. The molecule has 12 nitrogen and oxygen atoms in total. The van der Waals surface area contributed by atoms with Gasteiger partial charge in [-0.1, -0.05) is 48.5 Å². The van der Waals surface area contributed by atoms with Gasteiger partial charge in [-0.15, -0.1) is 0 Å². The third kappa shape index (κ3) is 13.3. The molecule has 3 aromatic carbocycles. The zero-order valence-corrected chi connectivity index (χ0v) is 34.4. The van der Waals surface area contributed by atoms with Gasteiger partial charge in [0.1, 0.15) is 12.7 Å². The highest BCUT2D eigenvalue weighted by molar-refractivity contribution is 5.94. The van der Waals surface area contributed by atoms with E-state index in [0.29, 0.717) is 44.0 Å². The second-order valence-corrected chi connectivity index (χ2v) is 15.5. The second kappa shape index (κ2) is 22.1. The first-order valence-corrected chi connectivity index (χ1v) is 20.5. The average Bonchev–Trinajstić information content (AvgIpc) is 3.23. The van der Waals surface area contributed by atoms with Gasteiger partial charge < -0.3 is 34.0 Å². The third-order valence-electron chi connectivity index (χ3n) is 11.4. The molecule has 57 heavy (non-hydrogen) atoms. The van der Waals surface area contributed by atoms with E-state index in [1.807, 2.05) is 90.8 Å². The smallest absolute Gasteiger partial charge is 0.411 e. The summed E-state index contributed by atoms with van der Waals surface area (Å²) in [5.41, 5.74) is 4.51. The van der Waals surface area contributed by atoms with E-state index < -0.39 is 6.09 Å². The van der Waals surface area contributed by atoms with Gasteiger partial charge in [0.25, 0.3) is 5.91 Å². The fourth-order valence-electron chi connectivity index (χ4n) is 7.67. The molecule has 2 saturated heterocycles. The summed E-state index contributed by atoms with van der Waals surface area (Å²) in [6.45, 7) is 6.29. The monoisotopic (exact) mass is 782 g/mol.